The lowest BCUT2D eigenvalue weighted by atomic mass is 10.2. The van der Waals surface area contributed by atoms with Crippen molar-refractivity contribution in [3.05, 3.63) is 36.5 Å². The molecular weight excluding hydrogens is 288 g/mol. The highest BCUT2D eigenvalue weighted by atomic mass is 19.3. The van der Waals surface area contributed by atoms with Gasteiger partial charge in [-0.25, -0.2) is 8.78 Å². The van der Waals surface area contributed by atoms with Crippen LogP contribution < -0.4 is 5.32 Å². The van der Waals surface area contributed by atoms with Crippen molar-refractivity contribution in [1.82, 2.24) is 9.88 Å². The Bertz CT molecular complexity index is 624. The van der Waals surface area contributed by atoms with Gasteiger partial charge < -0.3 is 9.88 Å². The first-order valence-corrected chi connectivity index (χ1v) is 6.41. The molecule has 0 saturated heterocycles. The number of amides is 1. The molecule has 3 nitrogen and oxygen atoms in total. The van der Waals surface area contributed by atoms with E-state index >= 15 is 0 Å². The first-order valence-electron chi connectivity index (χ1n) is 6.41. The standard InChI is InChI=1S/C14H14F4N2O/c15-12(16)14(17,18)13(21)19-7-3-8-20-9-6-10-4-1-2-5-11(10)20/h1-2,4-6,9,12H,3,7-8H2,(H,19,21). The number of alkyl halides is 4. The Kier molecular flexibility index (Phi) is 4.50. The van der Waals surface area contributed by atoms with Gasteiger partial charge in [0.05, 0.1) is 0 Å². The summed E-state index contributed by atoms with van der Waals surface area (Å²) in [6.45, 7) is 0.404. The minimum atomic E-state index is -4.64. The van der Waals surface area contributed by atoms with E-state index in [2.05, 4.69) is 0 Å². The van der Waals surface area contributed by atoms with Crippen molar-refractivity contribution in [2.45, 2.75) is 25.3 Å². The normalized spacial score (nSPS) is 12.0. The van der Waals surface area contributed by atoms with E-state index in [1.165, 1.54) is 0 Å². The van der Waals surface area contributed by atoms with E-state index in [1.54, 1.807) is 0 Å². The Hall–Kier alpha value is -2.05. The fourth-order valence-corrected chi connectivity index (χ4v) is 2.00. The number of hydrogen-bond acceptors (Lipinski definition) is 1. The number of nitrogens with zero attached hydrogens (tertiary/aromatic N) is 1. The smallest absolute Gasteiger partial charge is 0.351 e. The summed E-state index contributed by atoms with van der Waals surface area (Å²) in [6, 6.07) is 9.55. The molecule has 0 aliphatic heterocycles. The number of carbonyl (C=O) groups is 1. The summed E-state index contributed by atoms with van der Waals surface area (Å²) in [6.07, 6.45) is -1.78. The van der Waals surface area contributed by atoms with Crippen LogP contribution in [0, 0.1) is 0 Å². The third-order valence-corrected chi connectivity index (χ3v) is 3.12. The van der Waals surface area contributed by atoms with Gasteiger partial charge in [0, 0.05) is 24.8 Å². The number of carbonyl (C=O) groups excluding carboxylic acids is 1. The average molecular weight is 302 g/mol. The van der Waals surface area contributed by atoms with Gasteiger partial charge in [-0.05, 0) is 23.9 Å². The summed E-state index contributed by atoms with van der Waals surface area (Å²) < 4.78 is 51.2. The molecule has 21 heavy (non-hydrogen) atoms. The van der Waals surface area contributed by atoms with Crippen LogP contribution in [0.25, 0.3) is 10.9 Å². The van der Waals surface area contributed by atoms with Crippen molar-refractivity contribution < 1.29 is 22.4 Å². The number of aryl methyl sites for hydroxylation is 1. The van der Waals surface area contributed by atoms with Crippen molar-refractivity contribution in [3.8, 4) is 0 Å². The summed E-state index contributed by atoms with van der Waals surface area (Å²) in [5.74, 6) is -6.57. The number of rotatable bonds is 6. The van der Waals surface area contributed by atoms with Crippen LogP contribution in [-0.4, -0.2) is 29.4 Å². The van der Waals surface area contributed by atoms with Gasteiger partial charge in [0.1, 0.15) is 0 Å². The van der Waals surface area contributed by atoms with Crippen LogP contribution in [0.4, 0.5) is 17.6 Å². The summed E-state index contributed by atoms with van der Waals surface area (Å²) in [4.78, 5) is 10.9. The second kappa shape index (κ2) is 6.15. The summed E-state index contributed by atoms with van der Waals surface area (Å²) >= 11 is 0. The van der Waals surface area contributed by atoms with Crippen molar-refractivity contribution in [1.29, 1.82) is 0 Å². The van der Waals surface area contributed by atoms with Gasteiger partial charge in [0.15, 0.2) is 0 Å². The molecule has 0 radical (unpaired) electrons. The average Bonchev–Trinajstić information content (AvgIpc) is 2.86. The fraction of sp³-hybridized carbons (Fsp3) is 0.357. The predicted molar refractivity (Wildman–Crippen MR) is 70.5 cm³/mol. The first kappa shape index (κ1) is 15.3. The van der Waals surface area contributed by atoms with Gasteiger partial charge >= 0.3 is 12.3 Å². The quantitative estimate of drug-likeness (QED) is 0.646. The lowest BCUT2D eigenvalue weighted by molar-refractivity contribution is -0.169. The zero-order valence-electron chi connectivity index (χ0n) is 11.0. The molecule has 0 unspecified atom stereocenters. The molecule has 0 atom stereocenters. The predicted octanol–water partition coefficient (Wildman–Crippen LogP) is 3.05. The number of benzene rings is 1. The molecule has 0 bridgehead atoms. The first-order chi connectivity index (χ1) is 9.93. The van der Waals surface area contributed by atoms with Gasteiger partial charge in [-0.1, -0.05) is 18.2 Å². The van der Waals surface area contributed by atoms with Gasteiger partial charge in [0.25, 0.3) is 5.91 Å². The topological polar surface area (TPSA) is 34.0 Å². The summed E-state index contributed by atoms with van der Waals surface area (Å²) in [5.41, 5.74) is 0.988. The largest absolute Gasteiger partial charge is 0.383 e. The molecule has 0 spiro atoms. The van der Waals surface area contributed by atoms with Crippen molar-refractivity contribution in [3.63, 3.8) is 0 Å². The second-order valence-electron chi connectivity index (χ2n) is 4.60. The minimum absolute atomic E-state index is 0.0896. The summed E-state index contributed by atoms with van der Waals surface area (Å²) in [5, 5.41) is 2.88. The summed E-state index contributed by atoms with van der Waals surface area (Å²) in [7, 11) is 0. The Morgan fingerprint density at radius 2 is 1.95 bits per heavy atom. The van der Waals surface area contributed by atoms with E-state index in [-0.39, 0.29) is 6.54 Å². The molecule has 114 valence electrons. The number of hydrogen-bond donors (Lipinski definition) is 1. The maximum absolute atomic E-state index is 12.7. The van der Waals surface area contributed by atoms with Crippen LogP contribution in [0.2, 0.25) is 0 Å². The Labute approximate surface area is 118 Å². The van der Waals surface area contributed by atoms with Gasteiger partial charge in [-0.3, -0.25) is 4.79 Å². The fourth-order valence-electron chi connectivity index (χ4n) is 2.00. The molecular formula is C14H14F4N2O. The van der Waals surface area contributed by atoms with E-state index < -0.39 is 18.3 Å². The highest BCUT2D eigenvalue weighted by Crippen LogP contribution is 2.22. The number of aromatic nitrogens is 1. The molecule has 0 aliphatic carbocycles. The maximum atomic E-state index is 12.7. The number of halogens is 4. The highest BCUT2D eigenvalue weighted by molar-refractivity contribution is 5.83. The lowest BCUT2D eigenvalue weighted by Gasteiger charge is -2.14. The van der Waals surface area contributed by atoms with E-state index in [0.29, 0.717) is 13.0 Å². The van der Waals surface area contributed by atoms with Crippen LogP contribution in [0.15, 0.2) is 36.5 Å². The van der Waals surface area contributed by atoms with Crippen LogP contribution in [0.3, 0.4) is 0 Å². The van der Waals surface area contributed by atoms with Crippen LogP contribution in [0.5, 0.6) is 0 Å². The number of fused-ring (bicyclic) bond motifs is 1. The zero-order valence-corrected chi connectivity index (χ0v) is 11.0. The molecule has 1 aromatic heterocycles. The van der Waals surface area contributed by atoms with E-state index in [4.69, 9.17) is 0 Å². The molecule has 7 heteroatoms. The van der Waals surface area contributed by atoms with Gasteiger partial charge in [-0.2, -0.15) is 8.78 Å². The maximum Gasteiger partial charge on any atom is 0.383 e. The van der Waals surface area contributed by atoms with Crippen molar-refractivity contribution in [2.75, 3.05) is 6.54 Å². The molecule has 1 heterocycles. The van der Waals surface area contributed by atoms with E-state index in [0.717, 1.165) is 10.9 Å². The third kappa shape index (κ3) is 3.34. The van der Waals surface area contributed by atoms with Crippen LogP contribution in [0.1, 0.15) is 6.42 Å². The molecule has 1 amide bonds. The monoisotopic (exact) mass is 302 g/mol. The molecule has 0 saturated carbocycles. The SMILES string of the molecule is O=C(NCCCn1ccc2ccccc21)C(F)(F)C(F)F. The molecule has 2 rings (SSSR count). The van der Waals surface area contributed by atoms with E-state index in [9.17, 15) is 22.4 Å². The van der Waals surface area contributed by atoms with Gasteiger partial charge in [0.2, 0.25) is 0 Å². The number of para-hydroxylation sites is 1. The molecule has 2 aromatic rings. The molecule has 1 aromatic carbocycles. The van der Waals surface area contributed by atoms with Crippen molar-refractivity contribution in [2.24, 2.45) is 0 Å². The van der Waals surface area contributed by atoms with E-state index in [1.807, 2.05) is 46.4 Å². The highest BCUT2D eigenvalue weighted by Gasteiger charge is 2.48. The second-order valence-corrected chi connectivity index (χ2v) is 4.60. The number of nitrogens with one attached hydrogen (secondary N) is 1. The van der Waals surface area contributed by atoms with Crippen molar-refractivity contribution >= 4 is 16.8 Å². The Balaban J connectivity index is 1.84. The molecule has 1 N–H and O–H groups in total. The third-order valence-electron chi connectivity index (χ3n) is 3.12. The van der Waals surface area contributed by atoms with Crippen LogP contribution in [-0.2, 0) is 11.3 Å². The Morgan fingerprint density at radius 1 is 1.24 bits per heavy atom. The Morgan fingerprint density at radius 3 is 2.67 bits per heavy atom. The van der Waals surface area contributed by atoms with Crippen LogP contribution >= 0.6 is 0 Å². The lowest BCUT2D eigenvalue weighted by Crippen LogP contribution is -2.45. The zero-order chi connectivity index (χ0) is 15.5. The van der Waals surface area contributed by atoms with Gasteiger partial charge in [-0.15, -0.1) is 0 Å². The molecule has 0 aliphatic rings. The molecule has 0 fully saturated rings. The minimum Gasteiger partial charge on any atom is -0.351 e.